The Morgan fingerprint density at radius 1 is 1.11 bits per heavy atom. The third kappa shape index (κ3) is 3.63. The van der Waals surface area contributed by atoms with Crippen molar-refractivity contribution in [2.24, 2.45) is 11.8 Å². The zero-order valence-electron chi connectivity index (χ0n) is 22.1. The Labute approximate surface area is 221 Å². The lowest BCUT2D eigenvalue weighted by Gasteiger charge is -2.48. The maximum atomic E-state index is 14.0. The van der Waals surface area contributed by atoms with Crippen molar-refractivity contribution in [3.05, 3.63) is 69.5 Å². The largest absolute Gasteiger partial charge is 0.508 e. The van der Waals surface area contributed by atoms with Gasteiger partial charge in [-0.05, 0) is 92.0 Å². The maximum Gasteiger partial charge on any atom is 0.193 e. The summed E-state index contributed by atoms with van der Waals surface area (Å²) in [6.07, 6.45) is 1.39. The number of carbonyl (C=O) groups excluding carboxylic acids is 3. The molecule has 3 aliphatic carbocycles. The lowest BCUT2D eigenvalue weighted by atomic mass is 9.58. The van der Waals surface area contributed by atoms with E-state index in [1.807, 2.05) is 38.1 Å². The van der Waals surface area contributed by atoms with Crippen LogP contribution < -0.4 is 4.74 Å². The second-order valence-electron chi connectivity index (χ2n) is 10.5. The summed E-state index contributed by atoms with van der Waals surface area (Å²) in [5, 5.41) is 33.5. The van der Waals surface area contributed by atoms with Crippen LogP contribution >= 0.6 is 0 Å². The third-order valence-electron chi connectivity index (χ3n) is 8.47. The molecule has 7 nitrogen and oxygen atoms in total. The predicted molar refractivity (Wildman–Crippen MR) is 141 cm³/mol. The van der Waals surface area contributed by atoms with E-state index < -0.39 is 40.2 Å². The van der Waals surface area contributed by atoms with Crippen LogP contribution in [0.5, 0.6) is 11.5 Å². The second kappa shape index (κ2) is 9.24. The monoisotopic (exact) mass is 516 g/mol. The lowest BCUT2D eigenvalue weighted by Crippen LogP contribution is -2.52. The van der Waals surface area contributed by atoms with Crippen molar-refractivity contribution >= 4 is 17.3 Å². The number of phenolic OH excluding ortho intramolecular Hbond substituents is 1. The fourth-order valence-corrected chi connectivity index (χ4v) is 6.68. The van der Waals surface area contributed by atoms with Crippen LogP contribution in [-0.4, -0.2) is 44.9 Å². The molecule has 0 bridgehead atoms. The number of phenols is 1. The highest BCUT2D eigenvalue weighted by Gasteiger charge is 2.56. The normalized spacial score (nSPS) is 24.7. The van der Waals surface area contributed by atoms with Crippen LogP contribution in [0.25, 0.3) is 11.1 Å². The molecule has 3 N–H and O–H groups in total. The van der Waals surface area contributed by atoms with E-state index in [9.17, 15) is 29.7 Å². The van der Waals surface area contributed by atoms with Gasteiger partial charge in [0.05, 0.1) is 12.2 Å². The van der Waals surface area contributed by atoms with E-state index in [1.54, 1.807) is 6.92 Å². The van der Waals surface area contributed by atoms with Gasteiger partial charge in [0.2, 0.25) is 0 Å². The topological polar surface area (TPSA) is 121 Å². The number of aromatic hydroxyl groups is 1. The minimum absolute atomic E-state index is 0.0940. The molecule has 198 valence electrons. The minimum Gasteiger partial charge on any atom is -0.508 e. The summed E-state index contributed by atoms with van der Waals surface area (Å²) in [5.41, 5.74) is 1.87. The maximum absolute atomic E-state index is 14.0. The smallest absolute Gasteiger partial charge is 0.193 e. The molecule has 0 saturated carbocycles. The number of hydrogen-bond acceptors (Lipinski definition) is 7. The van der Waals surface area contributed by atoms with Crippen LogP contribution in [0.4, 0.5) is 0 Å². The molecule has 2 aromatic rings. The molecule has 0 aromatic heterocycles. The van der Waals surface area contributed by atoms with Gasteiger partial charge in [0.15, 0.2) is 17.3 Å². The summed E-state index contributed by atoms with van der Waals surface area (Å²) in [6, 6.07) is 9.24. The van der Waals surface area contributed by atoms with E-state index in [0.717, 1.165) is 34.4 Å². The molecular formula is C31H32O7. The first-order chi connectivity index (χ1) is 18.0. The van der Waals surface area contributed by atoms with Gasteiger partial charge in [-0.1, -0.05) is 19.1 Å². The summed E-state index contributed by atoms with van der Waals surface area (Å²) in [5.74, 6) is -2.51. The molecule has 0 fully saturated rings. The quantitative estimate of drug-likeness (QED) is 0.487. The van der Waals surface area contributed by atoms with Crippen molar-refractivity contribution < 1.29 is 34.4 Å². The number of fused-ring (bicyclic) bond motifs is 3. The number of benzene rings is 2. The molecule has 2 aromatic carbocycles. The lowest BCUT2D eigenvalue weighted by molar-refractivity contribution is -0.126. The van der Waals surface area contributed by atoms with E-state index >= 15 is 0 Å². The molecule has 0 spiro atoms. The molecule has 3 aliphatic rings. The van der Waals surface area contributed by atoms with E-state index in [2.05, 4.69) is 0 Å². The number of rotatable bonds is 5. The van der Waals surface area contributed by atoms with Crippen molar-refractivity contribution in [1.82, 2.24) is 0 Å². The summed E-state index contributed by atoms with van der Waals surface area (Å²) in [7, 11) is 0. The SMILES string of the molecule is CCOc1ccc(-c2ccc(O)c3c2C[C@H]2C[C@H]4CC(=O)C(C(C)=O)=C(O)[C@@]4(O)C(C)=C2C3=O)cc1CC. The fourth-order valence-electron chi connectivity index (χ4n) is 6.68. The Hall–Kier alpha value is -3.71. The standard InChI is InChI=1S/C31H32O7/c1-5-17-11-18(7-10-25(17)38-6-2)21-8-9-23(33)28-22(21)13-19-12-20-14-24(34)27(16(4)32)30(36)31(20,37)15(3)26(19)29(28)35/h7-11,19-20,33,36-37H,5-6,12-14H2,1-4H3/t19-,20+,31-/m1/s1. The van der Waals surface area contributed by atoms with Crippen LogP contribution in [0.2, 0.25) is 0 Å². The van der Waals surface area contributed by atoms with Crippen molar-refractivity contribution in [3.8, 4) is 22.6 Å². The molecule has 0 amide bonds. The number of carbonyl (C=O) groups is 3. The molecular weight excluding hydrogens is 484 g/mol. The number of ketones is 3. The Morgan fingerprint density at radius 2 is 1.84 bits per heavy atom. The zero-order chi connectivity index (χ0) is 27.5. The molecule has 5 rings (SSSR count). The van der Waals surface area contributed by atoms with Crippen LogP contribution in [0.15, 0.2) is 52.8 Å². The first-order valence-electron chi connectivity index (χ1n) is 13.1. The Morgan fingerprint density at radius 3 is 2.50 bits per heavy atom. The number of aryl methyl sites for hydroxylation is 1. The van der Waals surface area contributed by atoms with Gasteiger partial charge >= 0.3 is 0 Å². The first kappa shape index (κ1) is 25.9. The summed E-state index contributed by atoms with van der Waals surface area (Å²) < 4.78 is 5.75. The number of aliphatic hydroxyl groups is 2. The van der Waals surface area contributed by atoms with Gasteiger partial charge in [-0.25, -0.2) is 0 Å². The second-order valence-corrected chi connectivity index (χ2v) is 10.5. The average molecular weight is 517 g/mol. The zero-order valence-corrected chi connectivity index (χ0v) is 22.1. The predicted octanol–water partition coefficient (Wildman–Crippen LogP) is 4.82. The van der Waals surface area contributed by atoms with Gasteiger partial charge in [0.25, 0.3) is 0 Å². The highest BCUT2D eigenvalue weighted by molar-refractivity contribution is 6.21. The highest BCUT2D eigenvalue weighted by Crippen LogP contribution is 2.53. The van der Waals surface area contributed by atoms with Gasteiger partial charge in [-0.2, -0.15) is 0 Å². The molecule has 0 heterocycles. The van der Waals surface area contributed by atoms with Crippen molar-refractivity contribution in [3.63, 3.8) is 0 Å². The fraction of sp³-hybridized carbons (Fsp3) is 0.387. The summed E-state index contributed by atoms with van der Waals surface area (Å²) >= 11 is 0. The molecule has 0 radical (unpaired) electrons. The van der Waals surface area contributed by atoms with E-state index in [1.165, 1.54) is 13.0 Å². The number of aliphatic hydroxyl groups excluding tert-OH is 1. The Kier molecular flexibility index (Phi) is 6.30. The first-order valence-corrected chi connectivity index (χ1v) is 13.1. The van der Waals surface area contributed by atoms with E-state index in [0.29, 0.717) is 18.6 Å². The minimum atomic E-state index is -1.98. The van der Waals surface area contributed by atoms with Crippen LogP contribution in [0, 0.1) is 11.8 Å². The Bertz CT molecular complexity index is 1460. The Balaban J connectivity index is 1.67. The summed E-state index contributed by atoms with van der Waals surface area (Å²) in [6.45, 7) is 7.29. The van der Waals surface area contributed by atoms with Gasteiger partial charge in [0, 0.05) is 17.9 Å². The third-order valence-corrected chi connectivity index (χ3v) is 8.47. The van der Waals surface area contributed by atoms with Crippen molar-refractivity contribution in [2.75, 3.05) is 6.61 Å². The van der Waals surface area contributed by atoms with Crippen LogP contribution in [0.1, 0.15) is 62.0 Å². The van der Waals surface area contributed by atoms with E-state index in [-0.39, 0.29) is 35.6 Å². The number of allylic oxidation sites excluding steroid dienone is 2. The molecule has 3 atom stereocenters. The molecule has 0 saturated heterocycles. The number of ether oxygens (including phenoxy) is 1. The number of Topliss-reactive ketones (excluding diaryl/α,β-unsaturated/α-hetero) is 3. The van der Waals surface area contributed by atoms with Gasteiger partial charge in [-0.3, -0.25) is 14.4 Å². The number of hydrogen-bond donors (Lipinski definition) is 3. The van der Waals surface area contributed by atoms with Crippen molar-refractivity contribution in [2.45, 2.75) is 59.0 Å². The van der Waals surface area contributed by atoms with Crippen molar-refractivity contribution in [1.29, 1.82) is 0 Å². The molecule has 0 aliphatic heterocycles. The van der Waals surface area contributed by atoms with Gasteiger partial charge in [-0.15, -0.1) is 0 Å². The van der Waals surface area contributed by atoms with E-state index in [4.69, 9.17) is 4.74 Å². The highest BCUT2D eigenvalue weighted by atomic mass is 16.5. The molecule has 0 unspecified atom stereocenters. The molecule has 7 heteroatoms. The van der Waals surface area contributed by atoms with Gasteiger partial charge in [0.1, 0.15) is 28.4 Å². The average Bonchev–Trinajstić information content (AvgIpc) is 2.86. The van der Waals surface area contributed by atoms with Gasteiger partial charge < -0.3 is 20.1 Å². The van der Waals surface area contributed by atoms with Crippen LogP contribution in [-0.2, 0) is 22.4 Å². The summed E-state index contributed by atoms with van der Waals surface area (Å²) in [4.78, 5) is 38.8. The van der Waals surface area contributed by atoms with Crippen LogP contribution in [0.3, 0.4) is 0 Å². The molecule has 38 heavy (non-hydrogen) atoms.